The van der Waals surface area contributed by atoms with E-state index in [2.05, 4.69) is 0 Å². The largest absolute Gasteiger partial charge is 0.508 e. The average molecular weight is 245 g/mol. The summed E-state index contributed by atoms with van der Waals surface area (Å²) in [5.74, 6) is -1.26. The number of ether oxygens (including phenoxy) is 1. The first-order valence-corrected chi connectivity index (χ1v) is 5.08. The standard InChI is InChI=1S/C10H9ClO5/c11-10(15)9-2-5(12)4-1-6(13)7(14)3-8(4)16-9/h3-4,9,13-14H,1-2H2. The number of ketones is 1. The number of fused-ring (bicyclic) bond motifs is 1. The van der Waals surface area contributed by atoms with E-state index >= 15 is 0 Å². The van der Waals surface area contributed by atoms with Crippen molar-refractivity contribution in [1.82, 2.24) is 0 Å². The SMILES string of the molecule is O=C(Cl)C1CC(=O)C2CC(O)=C(O)C=C2O1. The molecule has 0 spiro atoms. The lowest BCUT2D eigenvalue weighted by atomic mass is 9.87. The van der Waals surface area contributed by atoms with E-state index in [0.29, 0.717) is 0 Å². The van der Waals surface area contributed by atoms with E-state index in [0.717, 1.165) is 6.08 Å². The smallest absolute Gasteiger partial charge is 0.262 e. The van der Waals surface area contributed by atoms with Crippen molar-refractivity contribution in [2.24, 2.45) is 5.92 Å². The van der Waals surface area contributed by atoms with Crippen LogP contribution >= 0.6 is 11.6 Å². The number of carbonyl (C=O) groups is 2. The van der Waals surface area contributed by atoms with Gasteiger partial charge in [0.2, 0.25) is 0 Å². The molecule has 0 radical (unpaired) electrons. The molecule has 86 valence electrons. The zero-order valence-corrected chi connectivity index (χ0v) is 8.90. The monoisotopic (exact) mass is 244 g/mol. The third-order valence-electron chi connectivity index (χ3n) is 2.62. The molecule has 5 nitrogen and oxygen atoms in total. The first kappa shape index (κ1) is 11.0. The number of aliphatic hydroxyl groups excluding tert-OH is 2. The zero-order valence-electron chi connectivity index (χ0n) is 8.14. The fraction of sp³-hybridized carbons (Fsp3) is 0.400. The number of hydrogen-bond donors (Lipinski definition) is 2. The van der Waals surface area contributed by atoms with Crippen LogP contribution in [0.4, 0.5) is 0 Å². The zero-order chi connectivity index (χ0) is 11.9. The van der Waals surface area contributed by atoms with Gasteiger partial charge < -0.3 is 14.9 Å². The molecule has 0 bridgehead atoms. The van der Waals surface area contributed by atoms with Gasteiger partial charge in [0.05, 0.1) is 12.3 Å². The summed E-state index contributed by atoms with van der Waals surface area (Å²) < 4.78 is 5.19. The second-order valence-corrected chi connectivity index (χ2v) is 4.09. The van der Waals surface area contributed by atoms with E-state index in [9.17, 15) is 19.8 Å². The Kier molecular flexibility index (Phi) is 2.63. The molecular weight excluding hydrogens is 236 g/mol. The highest BCUT2D eigenvalue weighted by atomic mass is 35.5. The van der Waals surface area contributed by atoms with E-state index in [4.69, 9.17) is 16.3 Å². The summed E-state index contributed by atoms with van der Waals surface area (Å²) in [6.45, 7) is 0. The van der Waals surface area contributed by atoms with Gasteiger partial charge in [0.25, 0.3) is 5.24 Å². The van der Waals surface area contributed by atoms with Crippen molar-refractivity contribution in [2.45, 2.75) is 18.9 Å². The van der Waals surface area contributed by atoms with Gasteiger partial charge in [-0.2, -0.15) is 0 Å². The molecule has 1 heterocycles. The number of Topliss-reactive ketones (excluding diaryl/α,β-unsaturated/α-hetero) is 1. The molecular formula is C10H9ClO5. The minimum absolute atomic E-state index is 0.000301. The van der Waals surface area contributed by atoms with Crippen LogP contribution in [-0.2, 0) is 14.3 Å². The first-order valence-electron chi connectivity index (χ1n) is 4.70. The van der Waals surface area contributed by atoms with Gasteiger partial charge in [-0.25, -0.2) is 0 Å². The highest BCUT2D eigenvalue weighted by Gasteiger charge is 2.39. The van der Waals surface area contributed by atoms with Crippen molar-refractivity contribution in [2.75, 3.05) is 0 Å². The number of allylic oxidation sites excluding steroid dienone is 3. The molecule has 1 fully saturated rings. The van der Waals surface area contributed by atoms with Gasteiger partial charge in [-0.1, -0.05) is 0 Å². The van der Waals surface area contributed by atoms with Crippen molar-refractivity contribution in [3.63, 3.8) is 0 Å². The molecule has 2 aliphatic rings. The van der Waals surface area contributed by atoms with Crippen molar-refractivity contribution < 1.29 is 24.5 Å². The van der Waals surface area contributed by atoms with E-state index in [1.165, 1.54) is 0 Å². The van der Waals surface area contributed by atoms with Crippen LogP contribution in [0.3, 0.4) is 0 Å². The molecule has 16 heavy (non-hydrogen) atoms. The van der Waals surface area contributed by atoms with Crippen LogP contribution in [0.1, 0.15) is 12.8 Å². The maximum absolute atomic E-state index is 11.6. The van der Waals surface area contributed by atoms with Crippen LogP contribution in [0, 0.1) is 5.92 Å². The van der Waals surface area contributed by atoms with Gasteiger partial charge in [0.1, 0.15) is 17.3 Å². The van der Waals surface area contributed by atoms with Gasteiger partial charge in [-0.05, 0) is 11.6 Å². The summed E-state index contributed by atoms with van der Waals surface area (Å²) in [4.78, 5) is 22.6. The molecule has 0 amide bonds. The Morgan fingerprint density at radius 2 is 2.12 bits per heavy atom. The minimum Gasteiger partial charge on any atom is -0.508 e. The van der Waals surface area contributed by atoms with Gasteiger partial charge in [0.15, 0.2) is 11.9 Å². The molecule has 6 heteroatoms. The van der Waals surface area contributed by atoms with Crippen LogP contribution in [0.5, 0.6) is 0 Å². The van der Waals surface area contributed by atoms with Gasteiger partial charge in [-0.15, -0.1) is 0 Å². The normalized spacial score (nSPS) is 29.3. The number of rotatable bonds is 1. The third-order valence-corrected chi connectivity index (χ3v) is 2.87. The van der Waals surface area contributed by atoms with Crippen molar-refractivity contribution in [3.8, 4) is 0 Å². The molecule has 2 atom stereocenters. The fourth-order valence-electron chi connectivity index (χ4n) is 1.76. The van der Waals surface area contributed by atoms with Crippen LogP contribution in [0.25, 0.3) is 0 Å². The summed E-state index contributed by atoms with van der Waals surface area (Å²) in [5, 5.41) is 17.8. The Balaban J connectivity index is 2.29. The summed E-state index contributed by atoms with van der Waals surface area (Å²) in [6, 6.07) is 0. The number of hydrogen-bond acceptors (Lipinski definition) is 5. The molecule has 1 aliphatic heterocycles. The Morgan fingerprint density at radius 1 is 1.44 bits per heavy atom. The lowest BCUT2D eigenvalue weighted by molar-refractivity contribution is -0.137. The second kappa shape index (κ2) is 3.83. The van der Waals surface area contributed by atoms with Gasteiger partial charge >= 0.3 is 0 Å². The Labute approximate surface area is 96.0 Å². The molecule has 0 saturated carbocycles. The number of carbonyl (C=O) groups excluding carboxylic acids is 2. The predicted molar refractivity (Wildman–Crippen MR) is 53.8 cm³/mol. The number of halogens is 1. The minimum atomic E-state index is -0.996. The third kappa shape index (κ3) is 1.78. The maximum Gasteiger partial charge on any atom is 0.262 e. The highest BCUT2D eigenvalue weighted by molar-refractivity contribution is 6.64. The Hall–Kier alpha value is -1.49. The molecule has 1 aliphatic carbocycles. The maximum atomic E-state index is 11.6. The van der Waals surface area contributed by atoms with Gasteiger partial charge in [-0.3, -0.25) is 9.59 Å². The summed E-state index contributed by atoms with van der Waals surface area (Å²) in [6.07, 6.45) is 0.0515. The van der Waals surface area contributed by atoms with E-state index in [1.54, 1.807) is 0 Å². The molecule has 2 unspecified atom stereocenters. The molecule has 0 aromatic rings. The molecule has 2 N–H and O–H groups in total. The average Bonchev–Trinajstić information content (AvgIpc) is 2.20. The second-order valence-electron chi connectivity index (χ2n) is 3.72. The Morgan fingerprint density at radius 3 is 2.75 bits per heavy atom. The lowest BCUT2D eigenvalue weighted by Crippen LogP contribution is -2.36. The molecule has 0 aromatic heterocycles. The molecule has 2 rings (SSSR count). The summed E-state index contributed by atoms with van der Waals surface area (Å²) in [5.41, 5.74) is 0. The van der Waals surface area contributed by atoms with E-state index < -0.39 is 17.3 Å². The summed E-state index contributed by atoms with van der Waals surface area (Å²) in [7, 11) is 0. The summed E-state index contributed by atoms with van der Waals surface area (Å²) >= 11 is 5.25. The van der Waals surface area contributed by atoms with Crippen LogP contribution in [0.15, 0.2) is 23.4 Å². The molecule has 1 saturated heterocycles. The number of aliphatic hydroxyl groups is 2. The quantitative estimate of drug-likeness (QED) is 0.680. The molecule has 0 aromatic carbocycles. The van der Waals surface area contributed by atoms with E-state index in [1.807, 2.05) is 0 Å². The van der Waals surface area contributed by atoms with Crippen LogP contribution in [0.2, 0.25) is 0 Å². The topological polar surface area (TPSA) is 83.8 Å². The highest BCUT2D eigenvalue weighted by Crippen LogP contribution is 2.35. The predicted octanol–water partition coefficient (Wildman–Crippen LogP) is 1.34. The first-order chi connectivity index (χ1) is 7.49. The van der Waals surface area contributed by atoms with E-state index in [-0.39, 0.29) is 35.9 Å². The fourth-order valence-corrected chi connectivity index (χ4v) is 1.88. The van der Waals surface area contributed by atoms with Crippen molar-refractivity contribution in [1.29, 1.82) is 0 Å². The van der Waals surface area contributed by atoms with Crippen molar-refractivity contribution >= 4 is 22.6 Å². The Bertz CT molecular complexity index is 423. The van der Waals surface area contributed by atoms with Crippen LogP contribution in [-0.4, -0.2) is 27.3 Å². The van der Waals surface area contributed by atoms with Gasteiger partial charge in [0, 0.05) is 12.5 Å². The lowest BCUT2D eigenvalue weighted by Gasteiger charge is -2.31. The van der Waals surface area contributed by atoms with Crippen LogP contribution < -0.4 is 0 Å². The van der Waals surface area contributed by atoms with Crippen molar-refractivity contribution in [3.05, 3.63) is 23.4 Å².